The lowest BCUT2D eigenvalue weighted by atomic mass is 9.79. The van der Waals surface area contributed by atoms with E-state index in [1.807, 2.05) is 63.7 Å². The standard InChI is InChI=1S/C22H32BN3O4S/c1-21(2)22(3,4)30-23(29-21)14-9-11-15(12-10-14)24-18(27)8-6-5-7-17-19-16(13-31-17)25-20(28)26-19/h9-12,16-17,19H,5-8,13H2,1-4H3,(H,24,27)(H2,25,26,28)/t16-,17-,19-/m0/s1. The van der Waals surface area contributed by atoms with Gasteiger partial charge in [0.1, 0.15) is 0 Å². The number of fused-ring (bicyclic) bond motifs is 1. The Bertz CT molecular complexity index is 817. The maximum absolute atomic E-state index is 12.3. The van der Waals surface area contributed by atoms with Gasteiger partial charge in [0.15, 0.2) is 0 Å². The Morgan fingerprint density at radius 1 is 1.13 bits per heavy atom. The lowest BCUT2D eigenvalue weighted by molar-refractivity contribution is -0.116. The van der Waals surface area contributed by atoms with Gasteiger partial charge in [-0.1, -0.05) is 18.6 Å². The molecular weight excluding hydrogens is 413 g/mol. The number of nitrogens with one attached hydrogen (secondary N) is 3. The van der Waals surface area contributed by atoms with Crippen molar-refractivity contribution in [2.45, 2.75) is 81.9 Å². The number of urea groups is 1. The highest BCUT2D eigenvalue weighted by Crippen LogP contribution is 2.36. The molecule has 4 rings (SSSR count). The zero-order valence-electron chi connectivity index (χ0n) is 18.7. The minimum absolute atomic E-state index is 0.0242. The number of carbonyl (C=O) groups is 2. The van der Waals surface area contributed by atoms with Crippen molar-refractivity contribution < 1.29 is 18.9 Å². The number of carbonyl (C=O) groups excluding carboxylic acids is 2. The molecule has 0 spiro atoms. The lowest BCUT2D eigenvalue weighted by Gasteiger charge is -2.32. The van der Waals surface area contributed by atoms with Crippen molar-refractivity contribution in [3.05, 3.63) is 24.3 Å². The van der Waals surface area contributed by atoms with Gasteiger partial charge in [-0.2, -0.15) is 11.8 Å². The Kier molecular flexibility index (Phi) is 6.29. The van der Waals surface area contributed by atoms with Gasteiger partial charge in [0, 0.05) is 23.1 Å². The van der Waals surface area contributed by atoms with Crippen LogP contribution < -0.4 is 21.4 Å². The van der Waals surface area contributed by atoms with E-state index < -0.39 is 7.12 Å². The van der Waals surface area contributed by atoms with Crippen LogP contribution in [0.25, 0.3) is 0 Å². The molecule has 0 aliphatic carbocycles. The number of hydrogen-bond acceptors (Lipinski definition) is 5. The van der Waals surface area contributed by atoms with E-state index >= 15 is 0 Å². The Hall–Kier alpha value is -1.71. The molecule has 0 bridgehead atoms. The summed E-state index contributed by atoms with van der Waals surface area (Å²) >= 11 is 1.91. The number of thioether (sulfide) groups is 1. The maximum atomic E-state index is 12.3. The highest BCUT2D eigenvalue weighted by molar-refractivity contribution is 8.00. The van der Waals surface area contributed by atoms with Crippen LogP contribution in [0.1, 0.15) is 53.4 Å². The van der Waals surface area contributed by atoms with Gasteiger partial charge in [-0.15, -0.1) is 0 Å². The van der Waals surface area contributed by atoms with Crippen molar-refractivity contribution >= 4 is 42.0 Å². The summed E-state index contributed by atoms with van der Waals surface area (Å²) in [4.78, 5) is 23.8. The zero-order chi connectivity index (χ0) is 22.2. The van der Waals surface area contributed by atoms with Crippen LogP contribution in [0.5, 0.6) is 0 Å². The average Bonchev–Trinajstić information content (AvgIpc) is 3.30. The number of benzene rings is 1. The fraction of sp³-hybridized carbons (Fsp3) is 0.636. The third-order valence-electron chi connectivity index (χ3n) is 6.80. The first-order chi connectivity index (χ1) is 14.6. The van der Waals surface area contributed by atoms with Gasteiger partial charge < -0.3 is 25.3 Å². The van der Waals surface area contributed by atoms with Crippen LogP contribution in [0.15, 0.2) is 24.3 Å². The minimum Gasteiger partial charge on any atom is -0.399 e. The first-order valence-corrected chi connectivity index (χ1v) is 12.1. The Morgan fingerprint density at radius 3 is 2.48 bits per heavy atom. The topological polar surface area (TPSA) is 88.7 Å². The van der Waals surface area contributed by atoms with Crippen LogP contribution >= 0.6 is 11.8 Å². The zero-order valence-corrected chi connectivity index (χ0v) is 19.5. The first kappa shape index (κ1) is 22.5. The molecule has 0 unspecified atom stereocenters. The second kappa shape index (κ2) is 8.67. The molecule has 0 saturated carbocycles. The molecule has 1 aromatic carbocycles. The largest absolute Gasteiger partial charge is 0.494 e. The molecule has 31 heavy (non-hydrogen) atoms. The third-order valence-corrected chi connectivity index (χ3v) is 8.31. The Morgan fingerprint density at radius 2 is 1.81 bits per heavy atom. The van der Waals surface area contributed by atoms with Crippen molar-refractivity contribution in [1.29, 1.82) is 0 Å². The SMILES string of the molecule is CC1(C)OB(c2ccc(NC(=O)CCCC[C@@H]3SC[C@@H]4NC(=O)N[C@@H]43)cc2)OC1(C)C. The van der Waals surface area contributed by atoms with E-state index in [4.69, 9.17) is 9.31 Å². The predicted molar refractivity (Wildman–Crippen MR) is 125 cm³/mol. The molecule has 0 aromatic heterocycles. The average molecular weight is 445 g/mol. The van der Waals surface area contributed by atoms with E-state index in [0.29, 0.717) is 11.7 Å². The van der Waals surface area contributed by atoms with Crippen LogP contribution in [0.2, 0.25) is 0 Å². The fourth-order valence-corrected chi connectivity index (χ4v) is 5.74. The van der Waals surface area contributed by atoms with Crippen LogP contribution in [0.3, 0.4) is 0 Å². The van der Waals surface area contributed by atoms with Crippen molar-refractivity contribution in [3.63, 3.8) is 0 Å². The van der Waals surface area contributed by atoms with Crippen molar-refractivity contribution in [1.82, 2.24) is 10.6 Å². The van der Waals surface area contributed by atoms with Crippen molar-refractivity contribution in [3.8, 4) is 0 Å². The van der Waals surface area contributed by atoms with Crippen molar-refractivity contribution in [2.75, 3.05) is 11.1 Å². The molecule has 3 N–H and O–H groups in total. The highest BCUT2D eigenvalue weighted by atomic mass is 32.2. The Balaban J connectivity index is 1.19. The fourth-order valence-electron chi connectivity index (χ4n) is 4.20. The normalized spacial score (nSPS) is 28.2. The van der Waals surface area contributed by atoms with Gasteiger partial charge in [0.05, 0.1) is 23.3 Å². The molecule has 0 radical (unpaired) electrons. The molecule has 3 saturated heterocycles. The number of rotatable bonds is 7. The van der Waals surface area contributed by atoms with E-state index in [1.165, 1.54) is 0 Å². The molecule has 3 amide bonds. The highest BCUT2D eigenvalue weighted by Gasteiger charge is 2.51. The molecule has 1 aromatic rings. The smallest absolute Gasteiger partial charge is 0.399 e. The molecule has 3 aliphatic heterocycles. The minimum atomic E-state index is -0.400. The van der Waals surface area contributed by atoms with E-state index in [9.17, 15) is 9.59 Å². The summed E-state index contributed by atoms with van der Waals surface area (Å²) in [6.07, 6.45) is 3.33. The predicted octanol–water partition coefficient (Wildman–Crippen LogP) is 2.65. The number of anilines is 1. The van der Waals surface area contributed by atoms with Crippen LogP contribution in [0, 0.1) is 0 Å². The van der Waals surface area contributed by atoms with Gasteiger partial charge in [0.2, 0.25) is 5.91 Å². The summed E-state index contributed by atoms with van der Waals surface area (Å²) in [5, 5.41) is 9.38. The van der Waals surface area contributed by atoms with Gasteiger partial charge >= 0.3 is 13.1 Å². The summed E-state index contributed by atoms with van der Waals surface area (Å²) < 4.78 is 12.1. The van der Waals surface area contributed by atoms with Crippen LogP contribution in [-0.2, 0) is 14.1 Å². The number of hydrogen-bond donors (Lipinski definition) is 3. The van der Waals surface area contributed by atoms with Gasteiger partial charge in [0.25, 0.3) is 0 Å². The van der Waals surface area contributed by atoms with E-state index in [-0.39, 0.29) is 35.2 Å². The first-order valence-electron chi connectivity index (χ1n) is 11.1. The Labute approximate surface area is 188 Å². The molecule has 7 nitrogen and oxygen atoms in total. The molecule has 3 atom stereocenters. The number of amides is 3. The van der Waals surface area contributed by atoms with Gasteiger partial charge in [-0.05, 0) is 58.1 Å². The van der Waals surface area contributed by atoms with E-state index in [2.05, 4.69) is 16.0 Å². The molecule has 3 heterocycles. The van der Waals surface area contributed by atoms with Crippen molar-refractivity contribution in [2.24, 2.45) is 0 Å². The van der Waals surface area contributed by atoms with Crippen LogP contribution in [-0.4, -0.2) is 53.3 Å². The summed E-state index contributed by atoms with van der Waals surface area (Å²) in [5.41, 5.74) is 0.974. The summed E-state index contributed by atoms with van der Waals surface area (Å²) in [5.74, 6) is 0.993. The molecule has 3 fully saturated rings. The molecule has 3 aliphatic rings. The summed E-state index contributed by atoms with van der Waals surface area (Å²) in [6, 6.07) is 8.10. The monoisotopic (exact) mass is 445 g/mol. The van der Waals surface area contributed by atoms with Crippen LogP contribution in [0.4, 0.5) is 10.5 Å². The maximum Gasteiger partial charge on any atom is 0.494 e. The molecular formula is C22H32BN3O4S. The lowest BCUT2D eigenvalue weighted by Crippen LogP contribution is -2.41. The van der Waals surface area contributed by atoms with Gasteiger partial charge in [-0.25, -0.2) is 4.79 Å². The second-order valence-electron chi connectivity index (χ2n) is 9.63. The summed E-state index contributed by atoms with van der Waals surface area (Å²) in [6.45, 7) is 8.13. The number of unbranched alkanes of at least 4 members (excludes halogenated alkanes) is 1. The molecule has 9 heteroatoms. The third kappa shape index (κ3) is 4.88. The second-order valence-corrected chi connectivity index (χ2v) is 10.9. The molecule has 168 valence electrons. The quantitative estimate of drug-likeness (QED) is 0.341. The van der Waals surface area contributed by atoms with Gasteiger partial charge in [-0.3, -0.25) is 4.79 Å². The van der Waals surface area contributed by atoms with E-state index in [0.717, 1.165) is 36.2 Å². The summed E-state index contributed by atoms with van der Waals surface area (Å²) in [7, 11) is -0.400. The van der Waals surface area contributed by atoms with E-state index in [1.54, 1.807) is 0 Å².